The maximum atomic E-state index is 15.0. The number of aromatic nitrogens is 3. The second-order valence-corrected chi connectivity index (χ2v) is 14.1. The van der Waals surface area contributed by atoms with Crippen molar-refractivity contribution in [3.05, 3.63) is 193 Å². The first kappa shape index (κ1) is 34.1. The topological polar surface area (TPSA) is 116 Å². The lowest BCUT2D eigenvalue weighted by molar-refractivity contribution is 0.0926. The summed E-state index contributed by atoms with van der Waals surface area (Å²) in [7, 11) is 0. The Hall–Kier alpha value is -8.46. The van der Waals surface area contributed by atoms with Crippen LogP contribution in [-0.2, 0) is 0 Å². The fourth-order valence-corrected chi connectivity index (χ4v) is 7.98. The normalized spacial score (nSPS) is 12.1. The number of benzene rings is 6. The summed E-state index contributed by atoms with van der Waals surface area (Å²) in [4.78, 5) is 39.5. The van der Waals surface area contributed by atoms with Crippen LogP contribution in [0.3, 0.4) is 0 Å². The van der Waals surface area contributed by atoms with Gasteiger partial charge in [0.2, 0.25) is 0 Å². The van der Waals surface area contributed by atoms with E-state index >= 15 is 4.79 Å². The molecular formula is C50H28N6O2. The first-order chi connectivity index (χ1) is 28.5. The molecular weight excluding hydrogens is 717 g/mol. The van der Waals surface area contributed by atoms with E-state index in [1.165, 1.54) is 17.3 Å². The van der Waals surface area contributed by atoms with Gasteiger partial charge in [-0.25, -0.2) is 4.90 Å². The number of pyridine rings is 2. The van der Waals surface area contributed by atoms with Crippen LogP contribution >= 0.6 is 0 Å². The maximum absolute atomic E-state index is 15.0. The van der Waals surface area contributed by atoms with Gasteiger partial charge in [-0.05, 0) is 88.0 Å². The van der Waals surface area contributed by atoms with Crippen LogP contribution in [0.2, 0.25) is 0 Å². The van der Waals surface area contributed by atoms with Gasteiger partial charge in [0.15, 0.2) is 0 Å². The summed E-state index contributed by atoms with van der Waals surface area (Å²) < 4.78 is 2.03. The molecule has 10 rings (SSSR count). The van der Waals surface area contributed by atoms with Crippen LogP contribution in [0.1, 0.15) is 31.8 Å². The molecule has 270 valence electrons. The summed E-state index contributed by atoms with van der Waals surface area (Å²) in [6.07, 6.45) is 6.49. The molecule has 58 heavy (non-hydrogen) atoms. The summed E-state index contributed by atoms with van der Waals surface area (Å²) in [6.45, 7) is 0. The number of hydrogen-bond acceptors (Lipinski definition) is 6. The molecule has 3 aromatic heterocycles. The van der Waals surface area contributed by atoms with E-state index in [-0.39, 0.29) is 5.56 Å². The van der Waals surface area contributed by atoms with Crippen molar-refractivity contribution in [2.75, 3.05) is 4.90 Å². The Labute approximate surface area is 332 Å². The number of amides is 2. The number of carbonyl (C=O) groups excluding carboxylic acids is 2. The minimum Gasteiger partial charge on any atom is -0.308 e. The molecule has 9 aromatic rings. The molecule has 0 N–H and O–H groups in total. The molecule has 1 aliphatic rings. The van der Waals surface area contributed by atoms with Crippen molar-refractivity contribution in [1.29, 1.82) is 10.5 Å². The SMILES string of the molecule is N#Cc1cncc(-c2ccc3c4ccc(-c5cncc(C#N)c5)cc4n(-c4cccc5c4C(=O)N(c4cc(-c6ccccc6)cc(-c6ccccc6)c4)C5=O)c3c2)c1. The molecule has 2 amide bonds. The lowest BCUT2D eigenvalue weighted by Gasteiger charge is -2.18. The first-order valence-electron chi connectivity index (χ1n) is 18.6. The number of fused-ring (bicyclic) bond motifs is 4. The summed E-state index contributed by atoms with van der Waals surface area (Å²) in [5.74, 6) is -0.842. The van der Waals surface area contributed by atoms with E-state index < -0.39 is 11.8 Å². The molecule has 0 saturated carbocycles. The summed E-state index contributed by atoms with van der Waals surface area (Å²) >= 11 is 0. The predicted molar refractivity (Wildman–Crippen MR) is 225 cm³/mol. The monoisotopic (exact) mass is 744 g/mol. The molecule has 0 spiro atoms. The van der Waals surface area contributed by atoms with Crippen LogP contribution in [0.4, 0.5) is 5.69 Å². The molecule has 8 heteroatoms. The van der Waals surface area contributed by atoms with Gasteiger partial charge < -0.3 is 4.57 Å². The number of rotatable bonds is 6. The summed E-state index contributed by atoms with van der Waals surface area (Å²) in [5, 5.41) is 21.1. The van der Waals surface area contributed by atoms with E-state index in [1.54, 1.807) is 30.6 Å². The van der Waals surface area contributed by atoms with Gasteiger partial charge in [-0.2, -0.15) is 10.5 Å². The lowest BCUT2D eigenvalue weighted by Crippen LogP contribution is -2.29. The van der Waals surface area contributed by atoms with E-state index in [0.717, 1.165) is 66.3 Å². The number of nitrogens with zero attached hydrogens (tertiary/aromatic N) is 6. The molecule has 0 unspecified atom stereocenters. The van der Waals surface area contributed by atoms with Crippen molar-refractivity contribution in [1.82, 2.24) is 14.5 Å². The molecule has 1 aliphatic heterocycles. The second kappa shape index (κ2) is 13.7. The Morgan fingerprint density at radius 1 is 0.448 bits per heavy atom. The Kier molecular flexibility index (Phi) is 8.04. The van der Waals surface area contributed by atoms with Gasteiger partial charge in [0, 0.05) is 46.7 Å². The average Bonchev–Trinajstić information content (AvgIpc) is 3.75. The first-order valence-corrected chi connectivity index (χ1v) is 18.6. The van der Waals surface area contributed by atoms with E-state index in [0.29, 0.717) is 28.1 Å². The van der Waals surface area contributed by atoms with Crippen molar-refractivity contribution in [3.8, 4) is 62.3 Å². The number of imide groups is 1. The van der Waals surface area contributed by atoms with Crippen LogP contribution in [-0.4, -0.2) is 26.3 Å². The van der Waals surface area contributed by atoms with Crippen molar-refractivity contribution >= 4 is 39.3 Å². The predicted octanol–water partition coefficient (Wildman–Crippen LogP) is 10.8. The van der Waals surface area contributed by atoms with Gasteiger partial charge in [-0.1, -0.05) is 91.0 Å². The van der Waals surface area contributed by atoms with E-state index in [9.17, 15) is 15.3 Å². The maximum Gasteiger partial charge on any atom is 0.268 e. The van der Waals surface area contributed by atoms with Crippen molar-refractivity contribution in [3.63, 3.8) is 0 Å². The third-order valence-corrected chi connectivity index (χ3v) is 10.7. The van der Waals surface area contributed by atoms with Gasteiger partial charge in [-0.15, -0.1) is 0 Å². The zero-order chi connectivity index (χ0) is 39.3. The van der Waals surface area contributed by atoms with Gasteiger partial charge in [0.05, 0.1) is 44.7 Å². The zero-order valence-electron chi connectivity index (χ0n) is 30.7. The van der Waals surface area contributed by atoms with Gasteiger partial charge >= 0.3 is 0 Å². The molecule has 0 fully saturated rings. The summed E-state index contributed by atoms with van der Waals surface area (Å²) in [6, 6.07) is 51.1. The minimum absolute atomic E-state index is 0.287. The number of anilines is 1. The molecule has 0 saturated heterocycles. The van der Waals surface area contributed by atoms with Crippen LogP contribution < -0.4 is 4.90 Å². The van der Waals surface area contributed by atoms with Gasteiger partial charge in [0.1, 0.15) is 12.1 Å². The van der Waals surface area contributed by atoms with Crippen molar-refractivity contribution in [2.45, 2.75) is 0 Å². The van der Waals surface area contributed by atoms with Crippen LogP contribution in [0, 0.1) is 22.7 Å². The van der Waals surface area contributed by atoms with Crippen LogP contribution in [0.25, 0.3) is 72.0 Å². The lowest BCUT2D eigenvalue weighted by atomic mass is 9.97. The molecule has 4 heterocycles. The molecule has 8 nitrogen and oxygen atoms in total. The largest absolute Gasteiger partial charge is 0.308 e. The number of nitriles is 2. The van der Waals surface area contributed by atoms with Gasteiger partial charge in [0.25, 0.3) is 11.8 Å². The Bertz CT molecular complexity index is 3080. The highest BCUT2D eigenvalue weighted by atomic mass is 16.2. The van der Waals surface area contributed by atoms with E-state index in [2.05, 4.69) is 28.2 Å². The highest BCUT2D eigenvalue weighted by Gasteiger charge is 2.40. The quantitative estimate of drug-likeness (QED) is 0.157. The zero-order valence-corrected chi connectivity index (χ0v) is 30.7. The average molecular weight is 745 g/mol. The summed E-state index contributed by atoms with van der Waals surface area (Å²) in [5.41, 5.74) is 10.9. The Morgan fingerprint density at radius 2 is 0.983 bits per heavy atom. The van der Waals surface area contributed by atoms with Crippen LogP contribution in [0.15, 0.2) is 170 Å². The smallest absolute Gasteiger partial charge is 0.268 e. The van der Waals surface area contributed by atoms with E-state index in [1.807, 2.05) is 126 Å². The molecule has 0 bridgehead atoms. The molecule has 6 aromatic carbocycles. The highest BCUT2D eigenvalue weighted by Crippen LogP contribution is 2.41. The standard InChI is InChI=1S/C50H28N6O2/c51-25-31-18-39(29-53-27-31)35-14-16-42-43-17-15-36(40-19-32(26-52)28-54-30-40)24-47(43)56(46(42)23-35)45-13-7-12-44-48(45)50(58)55(49(44)57)41-21-37(33-8-3-1-4-9-33)20-38(22-41)34-10-5-2-6-11-34/h1-24,27-30H. The van der Waals surface area contributed by atoms with Crippen LogP contribution in [0.5, 0.6) is 0 Å². The Morgan fingerprint density at radius 3 is 1.50 bits per heavy atom. The fraction of sp³-hybridized carbons (Fsp3) is 0. The highest BCUT2D eigenvalue weighted by molar-refractivity contribution is 6.36. The fourth-order valence-electron chi connectivity index (χ4n) is 7.98. The van der Waals surface area contributed by atoms with Gasteiger partial charge in [-0.3, -0.25) is 19.6 Å². The Balaban J connectivity index is 1.19. The number of hydrogen-bond donors (Lipinski definition) is 0. The van der Waals surface area contributed by atoms with Crippen molar-refractivity contribution in [2.24, 2.45) is 0 Å². The minimum atomic E-state index is -0.432. The van der Waals surface area contributed by atoms with Crippen molar-refractivity contribution < 1.29 is 9.59 Å². The second-order valence-electron chi connectivity index (χ2n) is 14.1. The van der Waals surface area contributed by atoms with E-state index in [4.69, 9.17) is 0 Å². The third-order valence-electron chi connectivity index (χ3n) is 10.7. The molecule has 0 radical (unpaired) electrons. The number of carbonyl (C=O) groups is 2. The molecule has 0 aliphatic carbocycles. The molecule has 0 atom stereocenters. The third kappa shape index (κ3) is 5.61.